The summed E-state index contributed by atoms with van der Waals surface area (Å²) in [5, 5.41) is 12.5. The summed E-state index contributed by atoms with van der Waals surface area (Å²) in [6.07, 6.45) is 5.52. The standard InChI is InChI=1S/C27H37N5O4/c1-7-11-23(33)29-20-16-31(17-20)22-13-12-21(24(34)19(6)27(35)36)26(30-22)32(15-9-3)25(18(5)10-4)28-14-8-2/h8,12-14,18-20H,7,10-11,16-17H2,1-6H3,(H,29,33)(H,35,36)/b14-8-,28-25+. The molecule has 194 valence electrons. The number of allylic oxidation sites excluding steroid dienone is 1. The average molecular weight is 496 g/mol. The number of aliphatic imine (C=N–C) groups is 1. The van der Waals surface area contributed by atoms with Crippen LogP contribution in [0.4, 0.5) is 11.6 Å². The summed E-state index contributed by atoms with van der Waals surface area (Å²) in [5.74, 6) is 1.38. The fraction of sp³-hybridized carbons (Fsp3) is 0.519. The predicted octanol–water partition coefficient (Wildman–Crippen LogP) is 3.86. The van der Waals surface area contributed by atoms with Gasteiger partial charge in [0.2, 0.25) is 5.91 Å². The van der Waals surface area contributed by atoms with E-state index in [1.54, 1.807) is 36.2 Å². The zero-order chi connectivity index (χ0) is 26.8. The Morgan fingerprint density at radius 3 is 2.56 bits per heavy atom. The van der Waals surface area contributed by atoms with Crippen molar-refractivity contribution in [2.45, 2.75) is 66.8 Å². The van der Waals surface area contributed by atoms with Gasteiger partial charge in [0.25, 0.3) is 0 Å². The lowest BCUT2D eigenvalue weighted by molar-refractivity contribution is -0.139. The fourth-order valence-electron chi connectivity index (χ4n) is 3.68. The molecule has 0 spiro atoms. The number of aliphatic carboxylic acids is 1. The molecule has 1 aromatic rings. The summed E-state index contributed by atoms with van der Waals surface area (Å²) < 4.78 is 0. The van der Waals surface area contributed by atoms with Crippen LogP contribution >= 0.6 is 0 Å². The number of amides is 1. The van der Waals surface area contributed by atoms with Crippen molar-refractivity contribution in [2.24, 2.45) is 16.8 Å². The van der Waals surface area contributed by atoms with Gasteiger partial charge in [-0.2, -0.15) is 0 Å². The van der Waals surface area contributed by atoms with Gasteiger partial charge in [-0.15, -0.1) is 0 Å². The van der Waals surface area contributed by atoms with Gasteiger partial charge in [-0.25, -0.2) is 14.9 Å². The summed E-state index contributed by atoms with van der Waals surface area (Å²) in [6, 6.07) is 6.36. The number of nitrogens with zero attached hydrogens (tertiary/aromatic N) is 4. The van der Waals surface area contributed by atoms with Gasteiger partial charge in [0, 0.05) is 37.7 Å². The number of ketones is 1. The maximum Gasteiger partial charge on any atom is 0.314 e. The number of rotatable bonds is 11. The number of amidine groups is 1. The SMILES string of the molecule is CC#CN(/C(=N/C=C\C)C(C)CC)c1nc(N2CC(NC(=O)CCC)C2)ccc1C(=O)C(C)C(=O)O. The molecule has 1 saturated heterocycles. The number of carbonyl (C=O) groups excluding carboxylic acids is 2. The van der Waals surface area contributed by atoms with E-state index < -0.39 is 17.7 Å². The molecule has 0 saturated carbocycles. The molecule has 1 aliphatic heterocycles. The Kier molecular flexibility index (Phi) is 10.7. The lowest BCUT2D eigenvalue weighted by Crippen LogP contribution is -2.59. The third kappa shape index (κ3) is 6.94. The Hall–Kier alpha value is -3.67. The molecule has 36 heavy (non-hydrogen) atoms. The van der Waals surface area contributed by atoms with E-state index in [9.17, 15) is 19.5 Å². The topological polar surface area (TPSA) is 115 Å². The van der Waals surface area contributed by atoms with Crippen LogP contribution in [0.25, 0.3) is 0 Å². The van der Waals surface area contributed by atoms with E-state index in [-0.39, 0.29) is 29.2 Å². The van der Waals surface area contributed by atoms with E-state index in [1.807, 2.05) is 32.6 Å². The van der Waals surface area contributed by atoms with E-state index >= 15 is 0 Å². The Morgan fingerprint density at radius 1 is 1.31 bits per heavy atom. The molecular formula is C27H37N5O4. The largest absolute Gasteiger partial charge is 0.481 e. The molecule has 1 aliphatic rings. The molecule has 0 aliphatic carbocycles. The third-order valence-electron chi connectivity index (χ3n) is 6.01. The van der Waals surface area contributed by atoms with Crippen molar-refractivity contribution in [3.05, 3.63) is 30.0 Å². The van der Waals surface area contributed by atoms with Crippen molar-refractivity contribution >= 4 is 35.1 Å². The number of carbonyl (C=O) groups is 3. The first-order chi connectivity index (χ1) is 17.2. The second kappa shape index (κ2) is 13.4. The highest BCUT2D eigenvalue weighted by Gasteiger charge is 2.33. The molecule has 1 fully saturated rings. The molecule has 0 radical (unpaired) electrons. The average Bonchev–Trinajstić information content (AvgIpc) is 2.84. The van der Waals surface area contributed by atoms with Crippen LogP contribution in [0, 0.1) is 23.8 Å². The van der Waals surface area contributed by atoms with Gasteiger partial charge >= 0.3 is 5.97 Å². The van der Waals surface area contributed by atoms with Crippen LogP contribution < -0.4 is 15.1 Å². The number of Topliss-reactive ketones (excluding diaryl/α,β-unsaturated/α-hetero) is 1. The van der Waals surface area contributed by atoms with E-state index in [0.29, 0.717) is 31.2 Å². The smallest absolute Gasteiger partial charge is 0.314 e. The highest BCUT2D eigenvalue weighted by molar-refractivity contribution is 6.13. The van der Waals surface area contributed by atoms with Gasteiger partial charge in [0.15, 0.2) is 11.6 Å². The minimum atomic E-state index is -1.24. The van der Waals surface area contributed by atoms with E-state index in [1.165, 1.54) is 6.92 Å². The quantitative estimate of drug-likeness (QED) is 0.120. The normalized spacial score (nSPS) is 15.5. The van der Waals surface area contributed by atoms with Crippen LogP contribution in [0.15, 0.2) is 29.4 Å². The molecule has 2 heterocycles. The van der Waals surface area contributed by atoms with Crippen molar-refractivity contribution in [1.82, 2.24) is 10.3 Å². The summed E-state index contributed by atoms with van der Waals surface area (Å²) in [4.78, 5) is 49.7. The van der Waals surface area contributed by atoms with Crippen LogP contribution in [0.3, 0.4) is 0 Å². The fourth-order valence-corrected chi connectivity index (χ4v) is 3.68. The number of pyridine rings is 1. The second-order valence-corrected chi connectivity index (χ2v) is 8.86. The molecule has 0 bridgehead atoms. The lowest BCUT2D eigenvalue weighted by atomic mass is 9.98. The second-order valence-electron chi connectivity index (χ2n) is 8.86. The predicted molar refractivity (Wildman–Crippen MR) is 142 cm³/mol. The molecule has 2 N–H and O–H groups in total. The lowest BCUT2D eigenvalue weighted by Gasteiger charge is -2.40. The highest BCUT2D eigenvalue weighted by Crippen LogP contribution is 2.29. The van der Waals surface area contributed by atoms with Crippen LogP contribution in [0.5, 0.6) is 0 Å². The first-order valence-corrected chi connectivity index (χ1v) is 12.4. The minimum absolute atomic E-state index is 0.00507. The Labute approximate surface area is 213 Å². The molecule has 2 rings (SSSR count). The summed E-state index contributed by atoms with van der Waals surface area (Å²) in [6.45, 7) is 12.1. The van der Waals surface area contributed by atoms with Crippen LogP contribution in [-0.2, 0) is 9.59 Å². The van der Waals surface area contributed by atoms with Crippen LogP contribution in [0.1, 0.15) is 71.2 Å². The Bertz CT molecular complexity index is 1080. The van der Waals surface area contributed by atoms with Crippen LogP contribution in [0.2, 0.25) is 0 Å². The number of anilines is 2. The summed E-state index contributed by atoms with van der Waals surface area (Å²) in [7, 11) is 0. The maximum atomic E-state index is 13.2. The van der Waals surface area contributed by atoms with Crippen molar-refractivity contribution in [3.8, 4) is 12.0 Å². The Morgan fingerprint density at radius 2 is 2.00 bits per heavy atom. The van der Waals surface area contributed by atoms with Gasteiger partial charge in [-0.1, -0.05) is 32.8 Å². The molecule has 9 heteroatoms. The van der Waals surface area contributed by atoms with Crippen LogP contribution in [-0.4, -0.2) is 52.7 Å². The molecule has 9 nitrogen and oxygen atoms in total. The molecule has 2 atom stereocenters. The molecule has 0 aromatic carbocycles. The highest BCUT2D eigenvalue weighted by atomic mass is 16.4. The van der Waals surface area contributed by atoms with E-state index in [4.69, 9.17) is 4.98 Å². The van der Waals surface area contributed by atoms with Gasteiger partial charge < -0.3 is 15.3 Å². The monoisotopic (exact) mass is 495 g/mol. The van der Waals surface area contributed by atoms with Gasteiger partial charge in [-0.3, -0.25) is 14.4 Å². The number of hydrogen-bond donors (Lipinski definition) is 2. The van der Waals surface area contributed by atoms with Gasteiger partial charge in [0.1, 0.15) is 17.6 Å². The van der Waals surface area contributed by atoms with Gasteiger partial charge in [0.05, 0.1) is 11.6 Å². The molecule has 1 amide bonds. The number of hydrogen-bond acceptors (Lipinski definition) is 6. The number of aromatic nitrogens is 1. The summed E-state index contributed by atoms with van der Waals surface area (Å²) in [5.41, 5.74) is 0.168. The zero-order valence-electron chi connectivity index (χ0n) is 22.0. The van der Waals surface area contributed by atoms with Crippen molar-refractivity contribution in [3.63, 3.8) is 0 Å². The number of carboxylic acid groups (broad SMARTS) is 1. The molecule has 2 unspecified atom stereocenters. The van der Waals surface area contributed by atoms with Crippen molar-refractivity contribution in [1.29, 1.82) is 0 Å². The van der Waals surface area contributed by atoms with Crippen molar-refractivity contribution < 1.29 is 19.5 Å². The first kappa shape index (κ1) is 28.6. The van der Waals surface area contributed by atoms with Crippen molar-refractivity contribution in [2.75, 3.05) is 22.9 Å². The van der Waals surface area contributed by atoms with E-state index in [0.717, 1.165) is 12.8 Å². The third-order valence-corrected chi connectivity index (χ3v) is 6.01. The Balaban J connectivity index is 2.54. The number of carboxylic acids is 1. The molecular weight excluding hydrogens is 458 g/mol. The molecule has 1 aromatic heterocycles. The first-order valence-electron chi connectivity index (χ1n) is 12.4. The zero-order valence-corrected chi connectivity index (χ0v) is 22.0. The number of nitrogens with one attached hydrogen (secondary N) is 1. The maximum absolute atomic E-state index is 13.2. The minimum Gasteiger partial charge on any atom is -0.481 e. The summed E-state index contributed by atoms with van der Waals surface area (Å²) >= 11 is 0. The van der Waals surface area contributed by atoms with E-state index in [2.05, 4.69) is 22.3 Å². The van der Waals surface area contributed by atoms with Gasteiger partial charge in [-0.05, 0) is 45.7 Å².